The van der Waals surface area contributed by atoms with Gasteiger partial charge >= 0.3 is 5.69 Å². The Morgan fingerprint density at radius 2 is 1.84 bits per heavy atom. The van der Waals surface area contributed by atoms with Crippen LogP contribution in [0.5, 0.6) is 0 Å². The molecule has 162 valence electrons. The SMILES string of the molecule is O=C(C1CC1)N1CC[C@@H](Cn2c(-c3ccc(-c4ccc5ocnc5c4)cc3)n[nH]c2=O)C1. The molecule has 1 aliphatic heterocycles. The number of benzene rings is 2. The van der Waals surface area contributed by atoms with E-state index in [2.05, 4.69) is 15.2 Å². The van der Waals surface area contributed by atoms with E-state index in [4.69, 9.17) is 4.42 Å². The van der Waals surface area contributed by atoms with E-state index in [1.165, 1.54) is 6.39 Å². The summed E-state index contributed by atoms with van der Waals surface area (Å²) in [5.41, 5.74) is 4.33. The Balaban J connectivity index is 1.22. The lowest BCUT2D eigenvalue weighted by atomic mass is 10.0. The number of nitrogens with zero attached hydrogens (tertiary/aromatic N) is 4. The summed E-state index contributed by atoms with van der Waals surface area (Å²) in [6.07, 6.45) is 4.40. The molecule has 2 aliphatic rings. The second-order valence-electron chi connectivity index (χ2n) is 8.79. The van der Waals surface area contributed by atoms with E-state index in [1.54, 1.807) is 4.57 Å². The summed E-state index contributed by atoms with van der Waals surface area (Å²) in [5, 5.41) is 6.87. The first kappa shape index (κ1) is 19.0. The monoisotopic (exact) mass is 429 g/mol. The van der Waals surface area contributed by atoms with E-state index in [0.29, 0.717) is 12.4 Å². The summed E-state index contributed by atoms with van der Waals surface area (Å²) < 4.78 is 7.01. The molecule has 1 atom stereocenters. The van der Waals surface area contributed by atoms with Crippen molar-refractivity contribution in [2.75, 3.05) is 13.1 Å². The lowest BCUT2D eigenvalue weighted by molar-refractivity contribution is -0.131. The normalized spacial score (nSPS) is 18.5. The zero-order valence-electron chi connectivity index (χ0n) is 17.5. The van der Waals surface area contributed by atoms with Gasteiger partial charge in [0.15, 0.2) is 17.8 Å². The molecular weight excluding hydrogens is 406 g/mol. The van der Waals surface area contributed by atoms with Gasteiger partial charge in [0.1, 0.15) is 5.52 Å². The number of rotatable bonds is 5. The largest absolute Gasteiger partial charge is 0.443 e. The summed E-state index contributed by atoms with van der Waals surface area (Å²) in [6, 6.07) is 13.9. The fourth-order valence-corrected chi connectivity index (χ4v) is 4.59. The maximum absolute atomic E-state index is 12.5. The number of oxazole rings is 1. The highest BCUT2D eigenvalue weighted by Gasteiger charge is 2.36. The van der Waals surface area contributed by atoms with Gasteiger partial charge in [0, 0.05) is 31.1 Å². The van der Waals surface area contributed by atoms with Gasteiger partial charge < -0.3 is 9.32 Å². The number of aromatic nitrogens is 4. The van der Waals surface area contributed by atoms with Crippen LogP contribution in [-0.4, -0.2) is 43.6 Å². The Morgan fingerprint density at radius 3 is 2.66 bits per heavy atom. The average Bonchev–Trinajstić information content (AvgIpc) is 3.21. The minimum Gasteiger partial charge on any atom is -0.443 e. The standard InChI is InChI=1S/C24H23N5O3/c30-23(18-5-6-18)28-10-9-15(12-28)13-29-22(26-27-24(29)31)17-3-1-16(2-4-17)19-7-8-21-20(11-19)25-14-32-21/h1-4,7-8,11,14-15,18H,5-6,9-10,12-13H2,(H,27,31)/t15-/m1/s1. The molecule has 1 aliphatic carbocycles. The predicted octanol–water partition coefficient (Wildman–Crippen LogP) is 3.31. The summed E-state index contributed by atoms with van der Waals surface area (Å²) >= 11 is 0. The fraction of sp³-hybridized carbons (Fsp3) is 0.333. The van der Waals surface area contributed by atoms with Gasteiger partial charge in [0.25, 0.3) is 0 Å². The molecule has 2 fully saturated rings. The molecule has 1 saturated heterocycles. The molecule has 8 nitrogen and oxygen atoms in total. The van der Waals surface area contributed by atoms with Crippen LogP contribution in [-0.2, 0) is 11.3 Å². The van der Waals surface area contributed by atoms with Crippen molar-refractivity contribution in [1.82, 2.24) is 24.6 Å². The lowest BCUT2D eigenvalue weighted by Gasteiger charge is -2.16. The van der Waals surface area contributed by atoms with Crippen molar-refractivity contribution in [2.45, 2.75) is 25.8 Å². The maximum atomic E-state index is 12.5. The summed E-state index contributed by atoms with van der Waals surface area (Å²) in [5.74, 6) is 1.41. The smallest absolute Gasteiger partial charge is 0.343 e. The summed E-state index contributed by atoms with van der Waals surface area (Å²) in [7, 11) is 0. The third-order valence-corrected chi connectivity index (χ3v) is 6.53. The molecule has 0 bridgehead atoms. The van der Waals surface area contributed by atoms with Crippen LogP contribution in [0.1, 0.15) is 19.3 Å². The van der Waals surface area contributed by atoms with E-state index in [0.717, 1.165) is 60.1 Å². The third-order valence-electron chi connectivity index (χ3n) is 6.53. The number of carbonyl (C=O) groups is 1. The zero-order valence-corrected chi connectivity index (χ0v) is 17.5. The van der Waals surface area contributed by atoms with Crippen LogP contribution in [0.4, 0.5) is 0 Å². The Labute approximate surface area is 183 Å². The fourth-order valence-electron chi connectivity index (χ4n) is 4.59. The van der Waals surface area contributed by atoms with E-state index in [-0.39, 0.29) is 23.4 Å². The van der Waals surface area contributed by atoms with E-state index in [9.17, 15) is 9.59 Å². The first-order valence-corrected chi connectivity index (χ1v) is 11.0. The van der Waals surface area contributed by atoms with Gasteiger partial charge in [0.05, 0.1) is 0 Å². The number of H-pyrrole nitrogens is 1. The Bertz CT molecular complexity index is 1350. The van der Waals surface area contributed by atoms with Crippen LogP contribution in [0.15, 0.2) is 58.1 Å². The number of hydrogen-bond acceptors (Lipinski definition) is 5. The number of carbonyl (C=O) groups excluding carboxylic acids is 1. The quantitative estimate of drug-likeness (QED) is 0.525. The van der Waals surface area contributed by atoms with E-state index in [1.807, 2.05) is 47.4 Å². The van der Waals surface area contributed by atoms with E-state index < -0.39 is 0 Å². The van der Waals surface area contributed by atoms with Gasteiger partial charge in [-0.05, 0) is 48.4 Å². The van der Waals surface area contributed by atoms with Crippen molar-refractivity contribution in [1.29, 1.82) is 0 Å². The number of fused-ring (bicyclic) bond motifs is 1. The van der Waals surface area contributed by atoms with Crippen molar-refractivity contribution in [3.63, 3.8) is 0 Å². The molecule has 0 spiro atoms. The van der Waals surface area contributed by atoms with Crippen LogP contribution >= 0.6 is 0 Å². The minimum atomic E-state index is -0.215. The zero-order chi connectivity index (χ0) is 21.7. The number of nitrogens with one attached hydrogen (secondary N) is 1. The van der Waals surface area contributed by atoms with Crippen molar-refractivity contribution in [3.8, 4) is 22.5 Å². The van der Waals surface area contributed by atoms with Gasteiger partial charge in [0.2, 0.25) is 5.91 Å². The number of likely N-dealkylation sites (tertiary alicyclic amines) is 1. The molecule has 1 saturated carbocycles. The Morgan fingerprint density at radius 1 is 1.06 bits per heavy atom. The Hall–Kier alpha value is -3.68. The van der Waals surface area contributed by atoms with Gasteiger partial charge in [-0.15, -0.1) is 0 Å². The van der Waals surface area contributed by atoms with Crippen LogP contribution in [0.25, 0.3) is 33.6 Å². The van der Waals surface area contributed by atoms with Crippen molar-refractivity contribution in [2.24, 2.45) is 11.8 Å². The maximum Gasteiger partial charge on any atom is 0.343 e. The molecule has 0 unspecified atom stereocenters. The number of aromatic amines is 1. The number of amides is 1. The van der Waals surface area contributed by atoms with Crippen molar-refractivity contribution >= 4 is 17.0 Å². The van der Waals surface area contributed by atoms with Gasteiger partial charge in [-0.25, -0.2) is 14.9 Å². The molecule has 4 aromatic rings. The molecule has 32 heavy (non-hydrogen) atoms. The van der Waals surface area contributed by atoms with Crippen LogP contribution in [0.2, 0.25) is 0 Å². The second kappa shape index (κ2) is 7.47. The molecule has 1 N–H and O–H groups in total. The van der Waals surface area contributed by atoms with Gasteiger partial charge in [-0.2, -0.15) is 5.10 Å². The van der Waals surface area contributed by atoms with Crippen molar-refractivity contribution in [3.05, 3.63) is 59.3 Å². The molecular formula is C24H23N5O3. The lowest BCUT2D eigenvalue weighted by Crippen LogP contribution is -2.31. The van der Waals surface area contributed by atoms with Gasteiger partial charge in [-0.1, -0.05) is 30.3 Å². The van der Waals surface area contributed by atoms with Crippen LogP contribution in [0, 0.1) is 11.8 Å². The van der Waals surface area contributed by atoms with Crippen molar-refractivity contribution < 1.29 is 9.21 Å². The summed E-state index contributed by atoms with van der Waals surface area (Å²) in [6.45, 7) is 2.06. The molecule has 1 amide bonds. The minimum absolute atomic E-state index is 0.215. The molecule has 3 heterocycles. The first-order valence-electron chi connectivity index (χ1n) is 11.0. The predicted molar refractivity (Wildman–Crippen MR) is 119 cm³/mol. The average molecular weight is 429 g/mol. The summed E-state index contributed by atoms with van der Waals surface area (Å²) in [4.78, 5) is 31.0. The highest BCUT2D eigenvalue weighted by atomic mass is 16.3. The van der Waals surface area contributed by atoms with E-state index >= 15 is 0 Å². The van der Waals surface area contributed by atoms with Gasteiger partial charge in [-0.3, -0.25) is 9.36 Å². The van der Waals surface area contributed by atoms with Crippen LogP contribution < -0.4 is 5.69 Å². The molecule has 2 aromatic heterocycles. The molecule has 6 rings (SSSR count). The molecule has 0 radical (unpaired) electrons. The third kappa shape index (κ3) is 3.41. The molecule has 8 heteroatoms. The first-order chi connectivity index (χ1) is 15.7. The second-order valence-corrected chi connectivity index (χ2v) is 8.79. The highest BCUT2D eigenvalue weighted by Crippen LogP contribution is 2.33. The Kier molecular flexibility index (Phi) is 4.45. The van der Waals surface area contributed by atoms with Crippen LogP contribution in [0.3, 0.4) is 0 Å². The highest BCUT2D eigenvalue weighted by molar-refractivity contribution is 5.81. The topological polar surface area (TPSA) is 97.0 Å². The number of hydrogen-bond donors (Lipinski definition) is 1. The molecule has 2 aromatic carbocycles.